The summed E-state index contributed by atoms with van der Waals surface area (Å²) >= 11 is 0. The van der Waals surface area contributed by atoms with Crippen LogP contribution in [0.25, 0.3) is 0 Å². The molecule has 2 unspecified atom stereocenters. The van der Waals surface area contributed by atoms with Crippen LogP contribution in [-0.2, 0) is 71.3 Å². The van der Waals surface area contributed by atoms with Crippen molar-refractivity contribution in [1.82, 2.24) is 5.32 Å². The van der Waals surface area contributed by atoms with Crippen LogP contribution in [0.4, 0.5) is 70.2 Å². The van der Waals surface area contributed by atoms with Crippen molar-refractivity contribution in [2.24, 2.45) is 0 Å². The molecule has 0 aromatic heterocycles. The van der Waals surface area contributed by atoms with Gasteiger partial charge in [-0.15, -0.1) is 0 Å². The van der Waals surface area contributed by atoms with E-state index in [0.29, 0.717) is 5.56 Å². The van der Waals surface area contributed by atoms with Gasteiger partial charge in [0.05, 0.1) is 13.2 Å². The van der Waals surface area contributed by atoms with E-state index >= 15 is 0 Å². The average Bonchev–Trinajstić information content (AvgIpc) is 3.23. The predicted octanol–water partition coefficient (Wildman–Crippen LogP) is 7.90. The Bertz CT molecular complexity index is 2460. The van der Waals surface area contributed by atoms with Gasteiger partial charge in [0.1, 0.15) is 0 Å². The average molecular weight is 1110 g/mol. The molecule has 2 aromatic carbocycles. The number of rotatable bonds is 26. The smallest absolute Gasteiger partial charge is 0.466 e. The summed E-state index contributed by atoms with van der Waals surface area (Å²) in [5.74, 6) is -32.5. The third kappa shape index (κ3) is 16.6. The minimum absolute atomic E-state index is 0.00125. The van der Waals surface area contributed by atoms with Crippen molar-refractivity contribution in [3.05, 3.63) is 96.1 Å². The SMILES string of the molecule is C=C(F)C(=O)OC(OCCCCC(F)(F)C(F)(F)S(=O)(=O)[O-])(C(=O)Cc1ccc(C)cc1)C(F)(F)F.C=C(F)C(=O)OC(OCCCCC(F)(F)C(F)(F)S(=O)(=O)[O-])(C(=O)NCc1ccccc1)C(F)(F)F. The lowest BCUT2D eigenvalue weighted by molar-refractivity contribution is -0.347. The van der Waals surface area contributed by atoms with Crippen LogP contribution in [0.2, 0.25) is 0 Å². The van der Waals surface area contributed by atoms with Crippen LogP contribution < -0.4 is 5.32 Å². The Balaban J connectivity index is 0.000000720. The summed E-state index contributed by atoms with van der Waals surface area (Å²) in [7, 11) is -13.5. The number of hydrogen-bond donors (Lipinski definition) is 1. The molecule has 33 heteroatoms. The van der Waals surface area contributed by atoms with E-state index in [2.05, 4.69) is 32.1 Å². The molecule has 0 bridgehead atoms. The normalized spacial score (nSPS) is 14.7. The van der Waals surface area contributed by atoms with E-state index in [0.717, 1.165) is 0 Å². The molecule has 15 nitrogen and oxygen atoms in total. The van der Waals surface area contributed by atoms with Gasteiger partial charge in [-0.05, 0) is 43.7 Å². The van der Waals surface area contributed by atoms with Gasteiger partial charge in [0, 0.05) is 25.8 Å². The first-order chi connectivity index (χ1) is 32.5. The van der Waals surface area contributed by atoms with Gasteiger partial charge in [0.2, 0.25) is 17.4 Å². The van der Waals surface area contributed by atoms with E-state index in [-0.39, 0.29) is 11.1 Å². The van der Waals surface area contributed by atoms with Crippen LogP contribution in [0.15, 0.2) is 79.4 Å². The van der Waals surface area contributed by atoms with Gasteiger partial charge < -0.3 is 33.4 Å². The zero-order valence-corrected chi connectivity index (χ0v) is 37.9. The number of Topliss-reactive ketones (excluding diaryl/α,β-unsaturated/α-hetero) is 1. The zero-order chi connectivity index (χ0) is 56.2. The van der Waals surface area contributed by atoms with Gasteiger partial charge in [-0.2, -0.15) is 70.2 Å². The quantitative estimate of drug-likeness (QED) is 0.0236. The molecular formula is C39H37F16NO14S2-2. The van der Waals surface area contributed by atoms with E-state index in [9.17, 15) is 115 Å². The van der Waals surface area contributed by atoms with Crippen molar-refractivity contribution >= 4 is 43.9 Å². The number of amides is 1. The first-order valence-corrected chi connectivity index (χ1v) is 22.2. The molecule has 0 saturated heterocycles. The highest BCUT2D eigenvalue weighted by molar-refractivity contribution is 7.87. The summed E-state index contributed by atoms with van der Waals surface area (Å²) in [5.41, 5.74) is 0.954. The number of aryl methyl sites for hydroxylation is 1. The van der Waals surface area contributed by atoms with E-state index in [1.54, 1.807) is 18.3 Å². The van der Waals surface area contributed by atoms with Gasteiger partial charge in [-0.25, -0.2) is 26.4 Å². The molecule has 408 valence electrons. The first-order valence-electron chi connectivity index (χ1n) is 19.4. The minimum Gasteiger partial charge on any atom is -0.743 e. The molecule has 0 radical (unpaired) electrons. The molecule has 0 aliphatic heterocycles. The second kappa shape index (κ2) is 24.6. The lowest BCUT2D eigenvalue weighted by atomic mass is 10.0. The van der Waals surface area contributed by atoms with Crippen molar-refractivity contribution in [3.8, 4) is 0 Å². The topological polar surface area (TPSA) is 232 Å². The van der Waals surface area contributed by atoms with Gasteiger partial charge in [-0.3, -0.25) is 9.59 Å². The lowest BCUT2D eigenvalue weighted by Gasteiger charge is -2.33. The van der Waals surface area contributed by atoms with Crippen LogP contribution in [0, 0.1) is 6.92 Å². The van der Waals surface area contributed by atoms with Crippen LogP contribution >= 0.6 is 0 Å². The van der Waals surface area contributed by atoms with Crippen molar-refractivity contribution in [2.45, 2.75) is 105 Å². The summed E-state index contributed by atoms with van der Waals surface area (Å²) in [6, 6.07) is 12.7. The number of esters is 2. The number of hydrogen-bond acceptors (Lipinski definition) is 14. The third-order valence-corrected chi connectivity index (χ3v) is 10.8. The van der Waals surface area contributed by atoms with Crippen molar-refractivity contribution in [3.63, 3.8) is 0 Å². The van der Waals surface area contributed by atoms with E-state index in [1.165, 1.54) is 48.5 Å². The van der Waals surface area contributed by atoms with E-state index in [1.807, 2.05) is 0 Å². The molecule has 1 amide bonds. The monoisotopic (exact) mass is 1110 g/mol. The molecule has 2 aromatic rings. The molecule has 2 rings (SSSR count). The summed E-state index contributed by atoms with van der Waals surface area (Å²) in [6.07, 6.45) is -20.8. The molecule has 0 aliphatic rings. The third-order valence-electron chi connectivity index (χ3n) is 8.97. The number of carbonyl (C=O) groups excluding carboxylic acids is 4. The van der Waals surface area contributed by atoms with E-state index < -0.39 is 167 Å². The molecule has 2 atom stereocenters. The molecule has 1 N–H and O–H groups in total. The number of ether oxygens (including phenoxy) is 4. The Kier molecular flexibility index (Phi) is 22.1. The summed E-state index contributed by atoms with van der Waals surface area (Å²) in [6.45, 7) is 3.28. The van der Waals surface area contributed by atoms with E-state index in [4.69, 9.17) is 0 Å². The summed E-state index contributed by atoms with van der Waals surface area (Å²) < 4.78 is 295. The predicted molar refractivity (Wildman–Crippen MR) is 207 cm³/mol. The Labute approximate surface area is 397 Å². The minimum atomic E-state index is -6.78. The van der Waals surface area contributed by atoms with Crippen LogP contribution in [0.3, 0.4) is 0 Å². The Morgan fingerprint density at radius 2 is 0.944 bits per heavy atom. The fourth-order valence-corrected chi connectivity index (χ4v) is 6.07. The standard InChI is InChI=1S/C20H20F8O7S.C19H19F8NO7S/c1-12-5-7-14(8-6-12)11-15(29)18(19(24,25)26,35-16(30)13(2)21)34-10-4-3-9-17(22,23)20(27,28)36(31,32)33;1-12(20)14(29)35-17(18(23,24)25,15(30)28-11-13-7-3-2-4-8-13)34-10-6-5-9-16(21,22)19(26,27)36(31,32)33/h5-8H,2-4,9-11H2,1H3,(H,31,32,33);2-4,7-8H,1,5-6,9-11H2,(H,28,30)(H,31,32,33)/p-2. The number of alkyl halides is 14. The van der Waals surface area contributed by atoms with Gasteiger partial charge in [-0.1, -0.05) is 73.3 Å². The Morgan fingerprint density at radius 3 is 1.31 bits per heavy atom. The Morgan fingerprint density at radius 1 is 0.569 bits per heavy atom. The van der Waals surface area contributed by atoms with Gasteiger partial charge >= 0.3 is 64.1 Å². The summed E-state index contributed by atoms with van der Waals surface area (Å²) in [4.78, 5) is 48.0. The fourth-order valence-electron chi connectivity index (χ4n) is 5.14. The Hall–Kier alpha value is -5.38. The second-order valence-corrected chi connectivity index (χ2v) is 17.4. The molecule has 0 fully saturated rings. The number of benzene rings is 2. The fraction of sp³-hybridized carbons (Fsp3) is 0.487. The molecule has 0 heterocycles. The first kappa shape index (κ1) is 64.6. The number of ketones is 1. The highest BCUT2D eigenvalue weighted by atomic mass is 32.2. The largest absolute Gasteiger partial charge is 0.743 e. The molecule has 0 saturated carbocycles. The van der Waals surface area contributed by atoms with Crippen LogP contribution in [0.5, 0.6) is 0 Å². The maximum Gasteiger partial charge on any atom is 0.466 e. The highest BCUT2D eigenvalue weighted by Gasteiger charge is 2.68. The number of carbonyl (C=O) groups is 4. The number of halogens is 16. The highest BCUT2D eigenvalue weighted by Crippen LogP contribution is 2.44. The maximum atomic E-state index is 13.9. The maximum absolute atomic E-state index is 13.9. The molecule has 0 aliphatic carbocycles. The zero-order valence-electron chi connectivity index (χ0n) is 36.3. The van der Waals surface area contributed by atoms with Gasteiger partial charge in [0.25, 0.3) is 0 Å². The molecule has 72 heavy (non-hydrogen) atoms. The lowest BCUT2D eigenvalue weighted by Crippen LogP contribution is -2.61. The number of unbranched alkanes of at least 4 members (excludes halogenated alkanes) is 2. The summed E-state index contributed by atoms with van der Waals surface area (Å²) in [5, 5.41) is -10.3. The van der Waals surface area contributed by atoms with Crippen molar-refractivity contribution in [2.75, 3.05) is 13.2 Å². The second-order valence-electron chi connectivity index (χ2n) is 14.5. The van der Waals surface area contributed by atoms with Crippen molar-refractivity contribution in [1.29, 1.82) is 0 Å². The van der Waals surface area contributed by atoms with Crippen molar-refractivity contribution < 1.29 is 134 Å². The number of nitrogens with one attached hydrogen (secondary N) is 1. The molecule has 0 spiro atoms. The van der Waals surface area contributed by atoms with Crippen LogP contribution in [0.1, 0.15) is 55.2 Å². The van der Waals surface area contributed by atoms with Crippen LogP contribution in [-0.4, -0.2) is 109 Å². The molecular weight excluding hydrogens is 1070 g/mol. The van der Waals surface area contributed by atoms with Gasteiger partial charge in [0.15, 0.2) is 20.2 Å².